The van der Waals surface area contributed by atoms with E-state index in [0.29, 0.717) is 12.6 Å². The number of hydrogen-bond acceptors (Lipinski definition) is 3. The number of carbonyl (C=O) groups is 1. The van der Waals surface area contributed by atoms with Crippen LogP contribution in [-0.2, 0) is 0 Å². The number of Topliss-reactive ketones (excluding diaryl/α,β-unsaturated/α-hetero) is 1. The van der Waals surface area contributed by atoms with Crippen LogP contribution in [0.1, 0.15) is 37.4 Å². The summed E-state index contributed by atoms with van der Waals surface area (Å²) < 4.78 is 0.907. The number of rotatable bonds is 4. The summed E-state index contributed by atoms with van der Waals surface area (Å²) in [5.74, 6) is 0.186. The van der Waals surface area contributed by atoms with Gasteiger partial charge in [-0.3, -0.25) is 9.69 Å². The van der Waals surface area contributed by atoms with Gasteiger partial charge in [-0.1, -0.05) is 20.8 Å². The van der Waals surface area contributed by atoms with Crippen molar-refractivity contribution in [1.29, 1.82) is 0 Å². The average molecular weight is 318 g/mol. The van der Waals surface area contributed by atoms with Crippen LogP contribution < -0.4 is 0 Å². The Morgan fingerprint density at radius 3 is 2.53 bits per heavy atom. The van der Waals surface area contributed by atoms with Crippen molar-refractivity contribution in [3.05, 3.63) is 20.8 Å². The third kappa shape index (κ3) is 3.90. The molecule has 0 bridgehead atoms. The summed E-state index contributed by atoms with van der Waals surface area (Å²) in [7, 11) is 2.01. The van der Waals surface area contributed by atoms with Crippen molar-refractivity contribution in [1.82, 2.24) is 4.90 Å². The summed E-state index contributed by atoms with van der Waals surface area (Å²) in [6.45, 7) is 9.22. The minimum absolute atomic E-state index is 0.182. The highest BCUT2D eigenvalue weighted by molar-refractivity contribution is 9.10. The van der Waals surface area contributed by atoms with Crippen LogP contribution in [0.15, 0.2) is 15.9 Å². The Hall–Kier alpha value is -0.190. The van der Waals surface area contributed by atoms with E-state index in [9.17, 15) is 4.79 Å². The van der Waals surface area contributed by atoms with Crippen LogP contribution in [0.5, 0.6) is 0 Å². The first-order valence-electron chi connectivity index (χ1n) is 5.70. The molecule has 1 rings (SSSR count). The predicted molar refractivity (Wildman–Crippen MR) is 77.9 cm³/mol. The number of thiophene rings is 1. The van der Waals surface area contributed by atoms with Crippen molar-refractivity contribution in [2.75, 3.05) is 13.6 Å². The quantitative estimate of drug-likeness (QED) is 0.780. The maximum absolute atomic E-state index is 12.1. The van der Waals surface area contributed by atoms with Gasteiger partial charge in [0.15, 0.2) is 5.78 Å². The molecule has 17 heavy (non-hydrogen) atoms. The van der Waals surface area contributed by atoms with E-state index in [-0.39, 0.29) is 11.2 Å². The Balaban J connectivity index is 2.67. The van der Waals surface area contributed by atoms with Gasteiger partial charge in [0.2, 0.25) is 0 Å². The molecule has 0 spiro atoms. The van der Waals surface area contributed by atoms with Gasteiger partial charge in [0.25, 0.3) is 0 Å². The maximum Gasteiger partial charge on any atom is 0.187 e. The number of carbonyl (C=O) groups excluding carboxylic acids is 1. The molecule has 1 aromatic heterocycles. The molecule has 0 aliphatic heterocycles. The normalized spacial score (nSPS) is 14.1. The first kappa shape index (κ1) is 14.9. The third-order valence-corrected chi connectivity index (χ3v) is 5.06. The van der Waals surface area contributed by atoms with Crippen LogP contribution in [0.4, 0.5) is 0 Å². The van der Waals surface area contributed by atoms with Gasteiger partial charge in [0.1, 0.15) is 0 Å². The SMILES string of the molecule is CC(N(C)CC(=O)c1sccc1Br)C(C)(C)C. The molecular weight excluding hydrogens is 298 g/mol. The van der Waals surface area contributed by atoms with Crippen LogP contribution in [0.3, 0.4) is 0 Å². The molecule has 0 aliphatic rings. The highest BCUT2D eigenvalue weighted by Gasteiger charge is 2.25. The van der Waals surface area contributed by atoms with Gasteiger partial charge in [0, 0.05) is 10.5 Å². The minimum atomic E-state index is 0.182. The molecule has 4 heteroatoms. The highest BCUT2D eigenvalue weighted by Crippen LogP contribution is 2.26. The first-order chi connectivity index (χ1) is 7.73. The van der Waals surface area contributed by atoms with Crippen LogP contribution in [0.2, 0.25) is 0 Å². The fourth-order valence-corrected chi connectivity index (χ4v) is 3.11. The summed E-state index contributed by atoms with van der Waals surface area (Å²) in [6, 6.07) is 2.29. The van der Waals surface area contributed by atoms with Crippen molar-refractivity contribution >= 4 is 33.0 Å². The van der Waals surface area contributed by atoms with Crippen LogP contribution >= 0.6 is 27.3 Å². The van der Waals surface area contributed by atoms with E-state index in [0.717, 1.165) is 9.35 Å². The lowest BCUT2D eigenvalue weighted by Gasteiger charge is -2.34. The van der Waals surface area contributed by atoms with E-state index < -0.39 is 0 Å². The first-order valence-corrected chi connectivity index (χ1v) is 7.37. The van der Waals surface area contributed by atoms with Crippen LogP contribution in [0.25, 0.3) is 0 Å². The zero-order valence-electron chi connectivity index (χ0n) is 11.1. The maximum atomic E-state index is 12.1. The second-order valence-corrected chi connectivity index (χ2v) is 7.25. The van der Waals surface area contributed by atoms with Crippen molar-refractivity contribution in [3.8, 4) is 0 Å². The molecular formula is C13H20BrNOS. The second-order valence-electron chi connectivity index (χ2n) is 5.48. The van der Waals surface area contributed by atoms with E-state index in [4.69, 9.17) is 0 Å². The van der Waals surface area contributed by atoms with Gasteiger partial charge >= 0.3 is 0 Å². The molecule has 1 aromatic rings. The van der Waals surface area contributed by atoms with Crippen molar-refractivity contribution in [3.63, 3.8) is 0 Å². The summed E-state index contributed by atoms with van der Waals surface area (Å²) in [6.07, 6.45) is 0. The average Bonchev–Trinajstić information content (AvgIpc) is 2.61. The van der Waals surface area contributed by atoms with Gasteiger partial charge in [-0.2, -0.15) is 0 Å². The summed E-state index contributed by atoms with van der Waals surface area (Å²) >= 11 is 4.90. The summed E-state index contributed by atoms with van der Waals surface area (Å²) in [5.41, 5.74) is 0.182. The minimum Gasteiger partial charge on any atom is -0.296 e. The van der Waals surface area contributed by atoms with Crippen molar-refractivity contribution < 1.29 is 4.79 Å². The largest absolute Gasteiger partial charge is 0.296 e. The Morgan fingerprint density at radius 2 is 2.12 bits per heavy atom. The molecule has 0 fully saturated rings. The molecule has 96 valence electrons. The fraction of sp³-hybridized carbons (Fsp3) is 0.615. The van der Waals surface area contributed by atoms with Gasteiger partial charge in [-0.15, -0.1) is 11.3 Å². The molecule has 0 amide bonds. The predicted octanol–water partition coefficient (Wildman–Crippen LogP) is 4.06. The topological polar surface area (TPSA) is 20.3 Å². The van der Waals surface area contributed by atoms with Crippen LogP contribution in [-0.4, -0.2) is 30.3 Å². The van der Waals surface area contributed by atoms with Crippen molar-refractivity contribution in [2.45, 2.75) is 33.7 Å². The van der Waals surface area contributed by atoms with E-state index in [1.807, 2.05) is 18.5 Å². The molecule has 0 aromatic carbocycles. The molecule has 0 saturated heterocycles. The Labute approximate surface area is 116 Å². The van der Waals surface area contributed by atoms with E-state index >= 15 is 0 Å². The van der Waals surface area contributed by atoms with E-state index in [1.165, 1.54) is 11.3 Å². The molecule has 1 atom stereocenters. The molecule has 1 heterocycles. The lowest BCUT2D eigenvalue weighted by molar-refractivity contribution is 0.0857. The number of halogens is 1. The Kier molecular flexibility index (Phi) is 4.93. The van der Waals surface area contributed by atoms with E-state index in [2.05, 4.69) is 48.5 Å². The molecule has 0 saturated carbocycles. The van der Waals surface area contributed by atoms with Crippen molar-refractivity contribution in [2.24, 2.45) is 5.41 Å². The standard InChI is InChI=1S/C13H20BrNOS/c1-9(13(2,3)4)15(5)8-11(16)12-10(14)6-7-17-12/h6-7,9H,8H2,1-5H3. The Morgan fingerprint density at radius 1 is 1.53 bits per heavy atom. The lowest BCUT2D eigenvalue weighted by atomic mass is 9.87. The zero-order chi connectivity index (χ0) is 13.2. The lowest BCUT2D eigenvalue weighted by Crippen LogP contribution is -2.41. The van der Waals surface area contributed by atoms with Crippen LogP contribution in [0, 0.1) is 5.41 Å². The summed E-state index contributed by atoms with van der Waals surface area (Å²) in [4.78, 5) is 15.0. The highest BCUT2D eigenvalue weighted by atomic mass is 79.9. The molecule has 2 nitrogen and oxygen atoms in total. The molecule has 1 unspecified atom stereocenters. The Bertz CT molecular complexity index is 394. The van der Waals surface area contributed by atoms with E-state index in [1.54, 1.807) is 0 Å². The van der Waals surface area contributed by atoms with Gasteiger partial charge in [-0.25, -0.2) is 0 Å². The smallest absolute Gasteiger partial charge is 0.187 e. The molecule has 0 N–H and O–H groups in total. The monoisotopic (exact) mass is 317 g/mol. The zero-order valence-corrected chi connectivity index (χ0v) is 13.5. The third-order valence-electron chi connectivity index (χ3n) is 3.18. The molecule has 0 radical (unpaired) electrons. The number of hydrogen-bond donors (Lipinski definition) is 0. The number of nitrogens with zero attached hydrogens (tertiary/aromatic N) is 1. The number of likely N-dealkylation sites (N-methyl/N-ethyl adjacent to an activating group) is 1. The number of ketones is 1. The second kappa shape index (κ2) is 5.63. The van der Waals surface area contributed by atoms with Gasteiger partial charge in [-0.05, 0) is 46.8 Å². The fourth-order valence-electron chi connectivity index (χ4n) is 1.59. The molecule has 0 aliphatic carbocycles. The van der Waals surface area contributed by atoms with Gasteiger partial charge in [0.05, 0.1) is 11.4 Å². The summed E-state index contributed by atoms with van der Waals surface area (Å²) in [5, 5.41) is 1.94. The van der Waals surface area contributed by atoms with Gasteiger partial charge < -0.3 is 0 Å².